The molecular formula is C22H20F7N3O2. The van der Waals surface area contributed by atoms with E-state index in [0.29, 0.717) is 11.6 Å². The van der Waals surface area contributed by atoms with Crippen LogP contribution in [0.25, 0.3) is 0 Å². The van der Waals surface area contributed by atoms with Gasteiger partial charge in [-0.1, -0.05) is 18.2 Å². The molecular weight excluding hydrogens is 471 g/mol. The van der Waals surface area contributed by atoms with Crippen LogP contribution in [0, 0.1) is 18.3 Å². The number of nitrogens with one attached hydrogen (secondary N) is 2. The number of alkyl halides is 7. The first-order chi connectivity index (χ1) is 15.4. The molecule has 0 fully saturated rings. The molecule has 0 saturated carbocycles. The van der Waals surface area contributed by atoms with Crippen LogP contribution in [0.3, 0.4) is 0 Å². The van der Waals surface area contributed by atoms with Crippen molar-refractivity contribution >= 4 is 11.8 Å². The Labute approximate surface area is 190 Å². The largest absolute Gasteiger partial charge is 0.435 e. The lowest BCUT2D eigenvalue weighted by Gasteiger charge is -2.33. The molecule has 0 radical (unpaired) electrons. The highest BCUT2D eigenvalue weighted by molar-refractivity contribution is 6.08. The summed E-state index contributed by atoms with van der Waals surface area (Å²) in [6, 6.07) is 6.17. The van der Waals surface area contributed by atoms with Crippen LogP contribution in [0.4, 0.5) is 30.7 Å². The standard InChI is InChI=1S/C22H20F7N3O2/c1-12-5-4-6-15(16(12)18(34)32-19(2,3)11-30)17(33)31-14-9-7-13(8-10-14)20(23,21(24,25)26)22(27,28)29/h4-7,9H,8,10H2,1-3H3,(H,31,33)(H,32,34). The van der Waals surface area contributed by atoms with E-state index in [-0.39, 0.29) is 16.8 Å². The van der Waals surface area contributed by atoms with E-state index in [4.69, 9.17) is 5.26 Å². The minimum absolute atomic E-state index is 0.0621. The molecule has 34 heavy (non-hydrogen) atoms. The van der Waals surface area contributed by atoms with Gasteiger partial charge in [0, 0.05) is 5.70 Å². The van der Waals surface area contributed by atoms with E-state index in [1.165, 1.54) is 39.0 Å². The molecule has 0 spiro atoms. The number of carbonyl (C=O) groups excluding carboxylic acids is 2. The van der Waals surface area contributed by atoms with E-state index >= 15 is 0 Å². The Hall–Kier alpha value is -3.36. The van der Waals surface area contributed by atoms with Crippen molar-refractivity contribution in [2.75, 3.05) is 0 Å². The van der Waals surface area contributed by atoms with Crippen molar-refractivity contribution in [1.29, 1.82) is 5.26 Å². The van der Waals surface area contributed by atoms with Crippen LogP contribution in [-0.2, 0) is 0 Å². The molecule has 0 unspecified atom stereocenters. The molecule has 12 heteroatoms. The van der Waals surface area contributed by atoms with Crippen LogP contribution >= 0.6 is 0 Å². The number of nitriles is 1. The van der Waals surface area contributed by atoms with Crippen LogP contribution < -0.4 is 10.6 Å². The van der Waals surface area contributed by atoms with Crippen molar-refractivity contribution in [3.63, 3.8) is 0 Å². The highest BCUT2D eigenvalue weighted by Crippen LogP contribution is 2.52. The number of aryl methyl sites for hydroxylation is 1. The number of hydrogen-bond acceptors (Lipinski definition) is 3. The maximum Gasteiger partial charge on any atom is 0.435 e. The third kappa shape index (κ3) is 5.24. The molecule has 5 nitrogen and oxygen atoms in total. The third-order valence-corrected chi connectivity index (χ3v) is 5.10. The zero-order valence-corrected chi connectivity index (χ0v) is 18.2. The number of halogens is 7. The Morgan fingerprint density at radius 3 is 2.00 bits per heavy atom. The monoisotopic (exact) mass is 491 g/mol. The fraction of sp³-hybridized carbons (Fsp3) is 0.409. The van der Waals surface area contributed by atoms with Crippen LogP contribution in [0.5, 0.6) is 0 Å². The van der Waals surface area contributed by atoms with Gasteiger partial charge < -0.3 is 10.6 Å². The number of allylic oxidation sites excluding steroid dienone is 4. The van der Waals surface area contributed by atoms with Crippen molar-refractivity contribution in [1.82, 2.24) is 10.6 Å². The van der Waals surface area contributed by atoms with Gasteiger partial charge >= 0.3 is 18.0 Å². The lowest BCUT2D eigenvalue weighted by molar-refractivity contribution is -0.327. The fourth-order valence-electron chi connectivity index (χ4n) is 3.30. The highest BCUT2D eigenvalue weighted by Gasteiger charge is 2.74. The minimum atomic E-state index is -6.22. The van der Waals surface area contributed by atoms with Crippen LogP contribution in [0.2, 0.25) is 0 Å². The predicted octanol–water partition coefficient (Wildman–Crippen LogP) is 5.19. The second-order valence-electron chi connectivity index (χ2n) is 8.18. The van der Waals surface area contributed by atoms with Crippen molar-refractivity contribution in [2.45, 2.75) is 57.2 Å². The second kappa shape index (κ2) is 9.12. The van der Waals surface area contributed by atoms with Crippen molar-refractivity contribution < 1.29 is 40.3 Å². The van der Waals surface area contributed by atoms with Crippen molar-refractivity contribution in [2.24, 2.45) is 0 Å². The SMILES string of the molecule is Cc1cccc(C(=O)NC2=CC=C(C(F)(C(F)(F)F)C(F)(F)F)CC2)c1C(=O)NC(C)(C)C#N. The number of amides is 2. The molecule has 0 heterocycles. The molecule has 0 bridgehead atoms. The summed E-state index contributed by atoms with van der Waals surface area (Å²) in [5.74, 6) is -1.59. The summed E-state index contributed by atoms with van der Waals surface area (Å²) in [5, 5.41) is 13.9. The number of carbonyl (C=O) groups is 2. The molecule has 1 aromatic carbocycles. The molecule has 0 aromatic heterocycles. The van der Waals surface area contributed by atoms with Crippen molar-refractivity contribution in [3.05, 3.63) is 58.3 Å². The number of hydrogen-bond donors (Lipinski definition) is 2. The number of rotatable bonds is 5. The Kier molecular flexibility index (Phi) is 7.21. The number of nitrogens with zero attached hydrogens (tertiary/aromatic N) is 1. The summed E-state index contributed by atoms with van der Waals surface area (Å²) in [7, 11) is 0. The maximum atomic E-state index is 14.2. The van der Waals surface area contributed by atoms with Gasteiger partial charge in [0.05, 0.1) is 17.2 Å². The molecule has 1 aliphatic carbocycles. The van der Waals surface area contributed by atoms with Gasteiger partial charge in [0.25, 0.3) is 11.8 Å². The summed E-state index contributed by atoms with van der Waals surface area (Å²) < 4.78 is 91.8. The van der Waals surface area contributed by atoms with Gasteiger partial charge in [-0.2, -0.15) is 31.6 Å². The van der Waals surface area contributed by atoms with Gasteiger partial charge in [-0.25, -0.2) is 4.39 Å². The molecule has 2 amide bonds. The third-order valence-electron chi connectivity index (χ3n) is 5.10. The smallest absolute Gasteiger partial charge is 0.334 e. The Bertz CT molecular complexity index is 1080. The minimum Gasteiger partial charge on any atom is -0.334 e. The van der Waals surface area contributed by atoms with Gasteiger partial charge in [-0.3, -0.25) is 9.59 Å². The van der Waals surface area contributed by atoms with E-state index in [1.54, 1.807) is 0 Å². The summed E-state index contributed by atoms with van der Waals surface area (Å²) in [6.45, 7) is 4.41. The molecule has 0 atom stereocenters. The molecule has 1 aliphatic rings. The molecule has 0 saturated heterocycles. The topological polar surface area (TPSA) is 82.0 Å². The predicted molar refractivity (Wildman–Crippen MR) is 107 cm³/mol. The molecule has 2 N–H and O–H groups in total. The van der Waals surface area contributed by atoms with Crippen LogP contribution in [0.1, 0.15) is 53.0 Å². The first kappa shape index (κ1) is 26.9. The lowest BCUT2D eigenvalue weighted by atomic mass is 9.87. The molecule has 184 valence electrons. The quantitative estimate of drug-likeness (QED) is 0.556. The summed E-state index contributed by atoms with van der Waals surface area (Å²) in [4.78, 5) is 25.4. The van der Waals surface area contributed by atoms with E-state index < -0.39 is 53.8 Å². The second-order valence-corrected chi connectivity index (χ2v) is 8.18. The van der Waals surface area contributed by atoms with E-state index in [1.807, 2.05) is 6.07 Å². The molecule has 0 aliphatic heterocycles. The van der Waals surface area contributed by atoms with Gasteiger partial charge in [0.1, 0.15) is 5.54 Å². The van der Waals surface area contributed by atoms with Gasteiger partial charge in [-0.05, 0) is 56.9 Å². The van der Waals surface area contributed by atoms with Gasteiger partial charge in [0.15, 0.2) is 0 Å². The van der Waals surface area contributed by atoms with Crippen LogP contribution in [-0.4, -0.2) is 35.4 Å². The van der Waals surface area contributed by atoms with E-state index in [0.717, 1.165) is 6.08 Å². The summed E-state index contributed by atoms with van der Waals surface area (Å²) in [5.41, 5.74) is -8.17. The maximum absolute atomic E-state index is 14.2. The fourth-order valence-corrected chi connectivity index (χ4v) is 3.30. The summed E-state index contributed by atoms with van der Waals surface area (Å²) >= 11 is 0. The zero-order chi connectivity index (χ0) is 26.1. The van der Waals surface area contributed by atoms with Crippen molar-refractivity contribution in [3.8, 4) is 6.07 Å². The Balaban J connectivity index is 2.35. The average Bonchev–Trinajstić information content (AvgIpc) is 2.71. The first-order valence-electron chi connectivity index (χ1n) is 9.82. The Morgan fingerprint density at radius 2 is 1.53 bits per heavy atom. The van der Waals surface area contributed by atoms with E-state index in [9.17, 15) is 40.3 Å². The normalized spacial score (nSPS) is 15.1. The molecule has 2 rings (SSSR count). The van der Waals surface area contributed by atoms with Gasteiger partial charge in [0.2, 0.25) is 0 Å². The Morgan fingerprint density at radius 1 is 0.941 bits per heavy atom. The van der Waals surface area contributed by atoms with E-state index in [2.05, 4.69) is 10.6 Å². The number of benzene rings is 1. The van der Waals surface area contributed by atoms with Crippen LogP contribution in [0.15, 0.2) is 41.6 Å². The summed E-state index contributed by atoms with van der Waals surface area (Å²) in [6.07, 6.45) is -12.8. The lowest BCUT2D eigenvalue weighted by Crippen LogP contribution is -2.54. The zero-order valence-electron chi connectivity index (χ0n) is 18.2. The highest BCUT2D eigenvalue weighted by atomic mass is 19.4. The van der Waals surface area contributed by atoms with Gasteiger partial charge in [-0.15, -0.1) is 0 Å². The average molecular weight is 491 g/mol. The first-order valence-corrected chi connectivity index (χ1v) is 9.82. The molecule has 1 aromatic rings.